The number of urea groups is 1. The maximum atomic E-state index is 16.4. The van der Waals surface area contributed by atoms with Gasteiger partial charge in [-0.25, -0.2) is 9.18 Å². The van der Waals surface area contributed by atoms with Gasteiger partial charge in [-0.15, -0.1) is 10.2 Å². The number of benzene rings is 2. The van der Waals surface area contributed by atoms with Crippen LogP contribution in [0.25, 0.3) is 0 Å². The Morgan fingerprint density at radius 1 is 0.902 bits per heavy atom. The Labute approximate surface area is 351 Å². The molecule has 320 valence electrons. The van der Waals surface area contributed by atoms with E-state index in [1.54, 1.807) is 30.1 Å². The lowest BCUT2D eigenvalue weighted by molar-refractivity contribution is -0.136. The monoisotopic (exact) mass is 836 g/mol. The zero-order chi connectivity index (χ0) is 42.6. The van der Waals surface area contributed by atoms with Crippen molar-refractivity contribution in [3.63, 3.8) is 0 Å². The van der Waals surface area contributed by atoms with Gasteiger partial charge in [0.2, 0.25) is 17.8 Å². The van der Waals surface area contributed by atoms with E-state index in [1.807, 2.05) is 39.0 Å². The highest BCUT2D eigenvalue weighted by atomic mass is 19.1. The topological polar surface area (TPSA) is 211 Å². The maximum Gasteiger partial charge on any atom is 0.320 e. The van der Waals surface area contributed by atoms with Gasteiger partial charge in [0.05, 0.1) is 23.7 Å². The molecule has 7 heterocycles. The molecule has 3 aromatic rings. The van der Waals surface area contributed by atoms with E-state index in [0.717, 1.165) is 49.2 Å². The van der Waals surface area contributed by atoms with E-state index in [-0.39, 0.29) is 66.6 Å². The third kappa shape index (κ3) is 7.81. The molecule has 5 fully saturated rings. The van der Waals surface area contributed by atoms with Crippen molar-refractivity contribution in [2.75, 3.05) is 81.1 Å². The van der Waals surface area contributed by atoms with Crippen molar-refractivity contribution in [2.24, 2.45) is 5.73 Å². The van der Waals surface area contributed by atoms with Crippen LogP contribution < -0.4 is 26.2 Å². The van der Waals surface area contributed by atoms with Crippen molar-refractivity contribution in [2.45, 2.75) is 68.6 Å². The second kappa shape index (κ2) is 16.0. The van der Waals surface area contributed by atoms with Crippen LogP contribution in [0.1, 0.15) is 87.6 Å². The van der Waals surface area contributed by atoms with E-state index in [9.17, 15) is 28.8 Å². The Kier molecular flexibility index (Phi) is 10.5. The molecule has 0 spiro atoms. The van der Waals surface area contributed by atoms with E-state index >= 15 is 4.39 Å². The Morgan fingerprint density at radius 2 is 1.67 bits per heavy atom. The van der Waals surface area contributed by atoms with E-state index in [0.29, 0.717) is 56.5 Å². The molecule has 61 heavy (non-hydrogen) atoms. The zero-order valence-corrected chi connectivity index (χ0v) is 34.0. The van der Waals surface area contributed by atoms with Crippen LogP contribution in [0.5, 0.6) is 0 Å². The van der Waals surface area contributed by atoms with Crippen LogP contribution in [0.4, 0.5) is 32.3 Å². The number of anilines is 4. The average Bonchev–Trinajstić information content (AvgIpc) is 3.89. The molecule has 19 heteroatoms. The number of fused-ring (bicyclic) bond motifs is 1. The van der Waals surface area contributed by atoms with Gasteiger partial charge in [-0.05, 0) is 87.0 Å². The molecule has 9 rings (SSSR count). The zero-order valence-electron chi connectivity index (χ0n) is 34.0. The van der Waals surface area contributed by atoms with Gasteiger partial charge >= 0.3 is 6.03 Å². The second-order valence-corrected chi connectivity index (χ2v) is 17.1. The molecule has 0 bridgehead atoms. The first-order valence-corrected chi connectivity index (χ1v) is 21.0. The largest absolute Gasteiger partial charge is 0.368 e. The van der Waals surface area contributed by atoms with Crippen LogP contribution in [0.15, 0.2) is 42.5 Å². The number of piperidine rings is 3. The summed E-state index contributed by atoms with van der Waals surface area (Å²) in [6.45, 7) is 5.00. The number of hydrogen-bond donors (Lipinski definition) is 3. The molecular weight excluding hydrogens is 788 g/mol. The molecule has 5 saturated heterocycles. The van der Waals surface area contributed by atoms with Gasteiger partial charge in [-0.1, -0.05) is 12.1 Å². The summed E-state index contributed by atoms with van der Waals surface area (Å²) in [7, 11) is 1.81. The van der Waals surface area contributed by atoms with Crippen molar-refractivity contribution in [1.82, 2.24) is 40.1 Å². The number of alkyl halides is 1. The standard InChI is InChI=1S/C42H49FN12O6/c1-50-19-20-54(41(50)61)29-3-2-15-52(22-29)40-47-36(34(35(44)57)48-49-40)45-27-6-4-25(5-7-27)26-12-16-51(17-13-26)23-42(43)14-18-53(24-42)28-8-9-30-31(21-28)39(60)55(38(30)59)32-10-11-33(56)46-37(32)58/h4-9,21,26,29,32H,2-3,10-20,22-24H2,1H3,(H2,44,57)(H,45,47,49)(H,46,56,58)/t29-,32?,42?/m1/s1. The summed E-state index contributed by atoms with van der Waals surface area (Å²) in [5.41, 5.74) is 7.00. The summed E-state index contributed by atoms with van der Waals surface area (Å²) in [4.78, 5) is 90.9. The molecule has 2 unspecified atom stereocenters. The highest BCUT2D eigenvalue weighted by Gasteiger charge is 2.46. The number of primary amides is 1. The molecule has 2 aromatic carbocycles. The number of amides is 7. The molecule has 0 aliphatic carbocycles. The molecule has 0 saturated carbocycles. The summed E-state index contributed by atoms with van der Waals surface area (Å²) in [6.07, 6.45) is 3.91. The van der Waals surface area contributed by atoms with Crippen LogP contribution in [0.3, 0.4) is 0 Å². The number of likely N-dealkylation sites (N-methyl/N-ethyl adjacent to an activating group) is 1. The van der Waals surface area contributed by atoms with Gasteiger partial charge < -0.3 is 35.6 Å². The first-order valence-electron chi connectivity index (χ1n) is 21.0. The van der Waals surface area contributed by atoms with Crippen molar-refractivity contribution in [3.05, 3.63) is 64.8 Å². The van der Waals surface area contributed by atoms with E-state index in [4.69, 9.17) is 5.73 Å². The molecule has 0 radical (unpaired) electrons. The smallest absolute Gasteiger partial charge is 0.320 e. The number of nitrogens with zero attached hydrogens (tertiary/aromatic N) is 9. The molecule has 7 amide bonds. The minimum atomic E-state index is -1.46. The molecule has 18 nitrogen and oxygen atoms in total. The van der Waals surface area contributed by atoms with Crippen molar-refractivity contribution >= 4 is 58.7 Å². The van der Waals surface area contributed by atoms with E-state index < -0.39 is 41.2 Å². The van der Waals surface area contributed by atoms with Gasteiger partial charge in [0.1, 0.15) is 11.7 Å². The number of carbonyl (C=O) groups excluding carboxylic acids is 6. The van der Waals surface area contributed by atoms with Crippen molar-refractivity contribution < 1.29 is 33.2 Å². The maximum absolute atomic E-state index is 16.4. The summed E-state index contributed by atoms with van der Waals surface area (Å²) in [6, 6.07) is 11.9. The second-order valence-electron chi connectivity index (χ2n) is 17.1. The number of imide groups is 2. The predicted octanol–water partition coefficient (Wildman–Crippen LogP) is 2.25. The van der Waals surface area contributed by atoms with Crippen LogP contribution in [-0.4, -0.2) is 154 Å². The lowest BCUT2D eigenvalue weighted by Crippen LogP contribution is -2.54. The lowest BCUT2D eigenvalue weighted by atomic mass is 9.88. The predicted molar refractivity (Wildman–Crippen MR) is 220 cm³/mol. The average molecular weight is 837 g/mol. The highest BCUT2D eigenvalue weighted by Crippen LogP contribution is 2.37. The van der Waals surface area contributed by atoms with Crippen LogP contribution in [-0.2, 0) is 9.59 Å². The van der Waals surface area contributed by atoms with E-state index in [1.165, 1.54) is 0 Å². The minimum Gasteiger partial charge on any atom is -0.368 e. The summed E-state index contributed by atoms with van der Waals surface area (Å²) in [5.74, 6) is -2.15. The quantitative estimate of drug-likeness (QED) is 0.251. The van der Waals surface area contributed by atoms with Gasteiger partial charge in [0.15, 0.2) is 11.5 Å². The number of nitrogens with one attached hydrogen (secondary N) is 2. The molecule has 4 N–H and O–H groups in total. The third-order valence-electron chi connectivity index (χ3n) is 13.1. The van der Waals surface area contributed by atoms with Gasteiger partial charge in [-0.2, -0.15) is 4.98 Å². The Balaban J connectivity index is 0.785. The molecule has 1 aromatic heterocycles. The number of rotatable bonds is 10. The number of aromatic nitrogens is 3. The number of hydrogen-bond acceptors (Lipinski definition) is 13. The van der Waals surface area contributed by atoms with Crippen LogP contribution >= 0.6 is 0 Å². The number of halogens is 1. The molecule has 3 atom stereocenters. The fourth-order valence-corrected chi connectivity index (χ4v) is 9.74. The lowest BCUT2D eigenvalue weighted by Gasteiger charge is -2.37. The van der Waals surface area contributed by atoms with Crippen LogP contribution in [0.2, 0.25) is 0 Å². The summed E-state index contributed by atoms with van der Waals surface area (Å²) < 4.78 is 16.4. The molecule has 6 aliphatic heterocycles. The normalized spacial score (nSPS) is 25.1. The minimum absolute atomic E-state index is 0.0235. The Morgan fingerprint density at radius 3 is 2.39 bits per heavy atom. The first-order chi connectivity index (χ1) is 29.3. The number of carbonyl (C=O) groups is 6. The van der Waals surface area contributed by atoms with Crippen molar-refractivity contribution in [3.8, 4) is 0 Å². The third-order valence-corrected chi connectivity index (χ3v) is 13.1. The van der Waals surface area contributed by atoms with Gasteiger partial charge in [0, 0.05) is 70.5 Å². The highest BCUT2D eigenvalue weighted by molar-refractivity contribution is 6.23. The van der Waals surface area contributed by atoms with Crippen LogP contribution in [0, 0.1) is 0 Å². The Hall–Kier alpha value is -6.24. The van der Waals surface area contributed by atoms with Gasteiger partial charge in [0.25, 0.3) is 17.7 Å². The fraction of sp³-hybridized carbons (Fsp3) is 0.500. The molecule has 6 aliphatic rings. The Bertz CT molecular complexity index is 2290. The summed E-state index contributed by atoms with van der Waals surface area (Å²) >= 11 is 0. The number of likely N-dealkylation sites (tertiary alicyclic amines) is 1. The molecular formula is C42H49FN12O6. The SMILES string of the molecule is CN1CCN([C@@H]2CCCN(c3nnc(C(N)=O)c(Nc4ccc(C5CCN(CC6(F)CCN(c7ccc8c(c7)C(=O)N(C7CCC(=O)NC7=O)C8=O)C6)CC5)cc4)n3)C2)C1=O. The summed E-state index contributed by atoms with van der Waals surface area (Å²) in [5, 5.41) is 13.8. The first kappa shape index (κ1) is 40.2. The number of nitrogens with two attached hydrogens (primary N) is 1. The van der Waals surface area contributed by atoms with E-state index in [2.05, 4.69) is 30.7 Å². The van der Waals surface area contributed by atoms with Crippen molar-refractivity contribution in [1.29, 1.82) is 0 Å². The fourth-order valence-electron chi connectivity index (χ4n) is 9.74. The van der Waals surface area contributed by atoms with Gasteiger partial charge in [-0.3, -0.25) is 34.2 Å².